The maximum atomic E-state index is 12.8. The minimum atomic E-state index is -1.32. The van der Waals surface area contributed by atoms with E-state index < -0.39 is 54.0 Å². The summed E-state index contributed by atoms with van der Waals surface area (Å²) in [6.45, 7) is 8.93. The van der Waals surface area contributed by atoms with Crippen LogP contribution in [-0.2, 0) is 19.2 Å². The van der Waals surface area contributed by atoms with Crippen LogP contribution >= 0.6 is 0 Å². The van der Waals surface area contributed by atoms with Gasteiger partial charge in [-0.25, -0.2) is 4.79 Å². The van der Waals surface area contributed by atoms with Gasteiger partial charge < -0.3 is 37.6 Å². The average molecular weight is 460 g/mol. The van der Waals surface area contributed by atoms with Crippen LogP contribution in [0.1, 0.15) is 60.3 Å². The predicted octanol–water partition coefficient (Wildman–Crippen LogP) is -0.935. The van der Waals surface area contributed by atoms with Gasteiger partial charge in [0.1, 0.15) is 18.1 Å². The van der Waals surface area contributed by atoms with E-state index in [9.17, 15) is 29.4 Å². The molecule has 11 heteroatoms. The lowest BCUT2D eigenvalue weighted by Crippen LogP contribution is -2.60. The van der Waals surface area contributed by atoms with E-state index in [2.05, 4.69) is 16.0 Å². The highest BCUT2D eigenvalue weighted by Gasteiger charge is 2.33. The zero-order valence-corrected chi connectivity index (χ0v) is 19.8. The molecular weight excluding hydrogens is 418 g/mol. The number of carboxylic acid groups (broad SMARTS) is 1. The highest BCUT2D eigenvalue weighted by molar-refractivity contribution is 5.94. The van der Waals surface area contributed by atoms with E-state index in [4.69, 9.17) is 11.5 Å². The van der Waals surface area contributed by atoms with Crippen molar-refractivity contribution < 1.29 is 29.4 Å². The van der Waals surface area contributed by atoms with Crippen LogP contribution in [0.2, 0.25) is 0 Å². The second-order valence-corrected chi connectivity index (χ2v) is 8.87. The standard InChI is InChI=1S/C21H41N5O6/c1-11(2)10-15(18(28)24-14(21(31)32)8-6-7-9-22)25-20(30)17(13(5)27)26-19(29)16(23)12(3)4/h11-17,27H,6-10,22-23H2,1-5H3,(H,24,28)(H,25,30)(H,26,29)(H,31,32). The molecule has 32 heavy (non-hydrogen) atoms. The molecule has 0 radical (unpaired) electrons. The lowest BCUT2D eigenvalue weighted by Gasteiger charge is -2.27. The second kappa shape index (κ2) is 14.8. The number of carbonyl (C=O) groups is 4. The summed E-state index contributed by atoms with van der Waals surface area (Å²) in [6.07, 6.45) is 0.351. The van der Waals surface area contributed by atoms with Gasteiger partial charge in [0.05, 0.1) is 12.1 Å². The summed E-state index contributed by atoms with van der Waals surface area (Å²) in [4.78, 5) is 49.4. The van der Waals surface area contributed by atoms with Crippen LogP contribution < -0.4 is 27.4 Å². The van der Waals surface area contributed by atoms with E-state index >= 15 is 0 Å². The van der Waals surface area contributed by atoms with Crippen LogP contribution in [0.4, 0.5) is 0 Å². The third-order valence-corrected chi connectivity index (χ3v) is 4.99. The summed E-state index contributed by atoms with van der Waals surface area (Å²) in [6, 6.07) is -4.36. The minimum Gasteiger partial charge on any atom is -0.480 e. The first kappa shape index (κ1) is 29.8. The summed E-state index contributed by atoms with van der Waals surface area (Å²) in [5, 5.41) is 26.8. The third-order valence-electron chi connectivity index (χ3n) is 4.99. The maximum absolute atomic E-state index is 12.8. The molecule has 0 saturated carbocycles. The number of nitrogens with one attached hydrogen (secondary N) is 3. The average Bonchev–Trinajstić information content (AvgIpc) is 2.68. The molecular formula is C21H41N5O6. The van der Waals surface area contributed by atoms with Crippen molar-refractivity contribution in [3.63, 3.8) is 0 Å². The Bertz CT molecular complexity index is 626. The number of unbranched alkanes of at least 4 members (excludes halogenated alkanes) is 1. The molecule has 0 aliphatic carbocycles. The molecule has 5 unspecified atom stereocenters. The van der Waals surface area contributed by atoms with E-state index in [0.717, 1.165) is 0 Å². The van der Waals surface area contributed by atoms with Gasteiger partial charge >= 0.3 is 5.97 Å². The van der Waals surface area contributed by atoms with Crippen molar-refractivity contribution >= 4 is 23.7 Å². The Morgan fingerprint density at radius 2 is 1.41 bits per heavy atom. The SMILES string of the molecule is CC(C)CC(NC(=O)C(NC(=O)C(N)C(C)C)C(C)O)C(=O)NC(CCCCN)C(=O)O. The molecule has 0 saturated heterocycles. The van der Waals surface area contributed by atoms with E-state index in [-0.39, 0.29) is 24.7 Å². The molecule has 0 bridgehead atoms. The fourth-order valence-corrected chi connectivity index (χ4v) is 2.94. The highest BCUT2D eigenvalue weighted by Crippen LogP contribution is 2.09. The molecule has 0 aliphatic rings. The monoisotopic (exact) mass is 459 g/mol. The van der Waals surface area contributed by atoms with E-state index in [1.807, 2.05) is 13.8 Å². The van der Waals surface area contributed by atoms with Crippen molar-refractivity contribution in [3.05, 3.63) is 0 Å². The molecule has 0 aromatic heterocycles. The number of hydrogen-bond acceptors (Lipinski definition) is 7. The molecule has 0 aliphatic heterocycles. The Labute approximate surface area is 190 Å². The van der Waals surface area contributed by atoms with Gasteiger partial charge in [-0.05, 0) is 51.0 Å². The first-order valence-corrected chi connectivity index (χ1v) is 11.1. The zero-order valence-electron chi connectivity index (χ0n) is 19.8. The summed E-state index contributed by atoms with van der Waals surface area (Å²) < 4.78 is 0. The number of nitrogens with two attached hydrogens (primary N) is 2. The van der Waals surface area contributed by atoms with Crippen LogP contribution in [0.15, 0.2) is 0 Å². The molecule has 11 nitrogen and oxygen atoms in total. The fraction of sp³-hybridized carbons (Fsp3) is 0.810. The van der Waals surface area contributed by atoms with Crippen molar-refractivity contribution in [2.24, 2.45) is 23.3 Å². The molecule has 0 aromatic rings. The van der Waals surface area contributed by atoms with Gasteiger partial charge in [0.2, 0.25) is 17.7 Å². The van der Waals surface area contributed by atoms with Crippen molar-refractivity contribution in [3.8, 4) is 0 Å². The lowest BCUT2D eigenvalue weighted by molar-refractivity contribution is -0.142. The molecule has 186 valence electrons. The topological polar surface area (TPSA) is 197 Å². The van der Waals surface area contributed by atoms with Crippen molar-refractivity contribution in [1.82, 2.24) is 16.0 Å². The molecule has 3 amide bonds. The Balaban J connectivity index is 5.39. The molecule has 5 atom stereocenters. The molecule has 0 heterocycles. The number of aliphatic carboxylic acids is 1. The lowest BCUT2D eigenvalue weighted by atomic mass is 10.0. The van der Waals surface area contributed by atoms with Gasteiger partial charge in [0.15, 0.2) is 0 Å². The van der Waals surface area contributed by atoms with Gasteiger partial charge in [-0.2, -0.15) is 0 Å². The largest absolute Gasteiger partial charge is 0.480 e. The van der Waals surface area contributed by atoms with Crippen LogP contribution in [0.5, 0.6) is 0 Å². The van der Waals surface area contributed by atoms with Gasteiger partial charge in [-0.3, -0.25) is 14.4 Å². The van der Waals surface area contributed by atoms with Crippen LogP contribution in [-0.4, -0.2) is 70.7 Å². The number of aliphatic hydroxyl groups excluding tert-OH is 1. The summed E-state index contributed by atoms with van der Waals surface area (Å²) in [5.74, 6) is -3.37. The number of hydrogen-bond donors (Lipinski definition) is 7. The number of rotatable bonds is 15. The van der Waals surface area contributed by atoms with Gasteiger partial charge in [-0.15, -0.1) is 0 Å². The van der Waals surface area contributed by atoms with Crippen molar-refractivity contribution in [2.75, 3.05) is 6.54 Å². The third kappa shape index (κ3) is 10.9. The number of aliphatic hydroxyl groups is 1. The highest BCUT2D eigenvalue weighted by atomic mass is 16.4. The minimum absolute atomic E-state index is 0.000484. The smallest absolute Gasteiger partial charge is 0.326 e. The van der Waals surface area contributed by atoms with Gasteiger partial charge in [-0.1, -0.05) is 27.7 Å². The van der Waals surface area contributed by atoms with Crippen LogP contribution in [0.3, 0.4) is 0 Å². The number of carboxylic acids is 1. The molecule has 0 spiro atoms. The molecule has 9 N–H and O–H groups in total. The van der Waals surface area contributed by atoms with Crippen LogP contribution in [0, 0.1) is 11.8 Å². The fourth-order valence-electron chi connectivity index (χ4n) is 2.94. The van der Waals surface area contributed by atoms with Crippen molar-refractivity contribution in [1.29, 1.82) is 0 Å². The quantitative estimate of drug-likeness (QED) is 0.152. The number of amides is 3. The van der Waals surface area contributed by atoms with Crippen molar-refractivity contribution in [2.45, 2.75) is 90.6 Å². The molecule has 0 rings (SSSR count). The first-order chi connectivity index (χ1) is 14.8. The predicted molar refractivity (Wildman–Crippen MR) is 120 cm³/mol. The Kier molecular flexibility index (Phi) is 13.7. The summed E-state index contributed by atoms with van der Waals surface area (Å²) in [5.41, 5.74) is 11.2. The zero-order chi connectivity index (χ0) is 25.0. The number of carbonyl (C=O) groups excluding carboxylic acids is 3. The van der Waals surface area contributed by atoms with E-state index in [0.29, 0.717) is 19.4 Å². The van der Waals surface area contributed by atoms with E-state index in [1.54, 1.807) is 13.8 Å². The molecule has 0 fully saturated rings. The van der Waals surface area contributed by atoms with Crippen LogP contribution in [0.25, 0.3) is 0 Å². The first-order valence-electron chi connectivity index (χ1n) is 11.1. The second-order valence-electron chi connectivity index (χ2n) is 8.87. The van der Waals surface area contributed by atoms with Gasteiger partial charge in [0.25, 0.3) is 0 Å². The molecule has 0 aromatic carbocycles. The normalized spacial score (nSPS) is 16.1. The Morgan fingerprint density at radius 1 is 0.844 bits per heavy atom. The van der Waals surface area contributed by atoms with E-state index in [1.165, 1.54) is 6.92 Å². The maximum Gasteiger partial charge on any atom is 0.326 e. The Morgan fingerprint density at radius 3 is 1.84 bits per heavy atom. The summed E-state index contributed by atoms with van der Waals surface area (Å²) >= 11 is 0. The Hall–Kier alpha value is -2.24. The summed E-state index contributed by atoms with van der Waals surface area (Å²) in [7, 11) is 0. The van der Waals surface area contributed by atoms with Gasteiger partial charge in [0, 0.05) is 0 Å².